The Hall–Kier alpha value is -4.92. The molecule has 198 valence electrons. The Labute approximate surface area is 226 Å². The van der Waals surface area contributed by atoms with Gasteiger partial charge in [-0.05, 0) is 61.9 Å². The molecule has 0 spiro atoms. The molecular weight excluding hydrogens is 496 g/mol. The molecule has 1 unspecified atom stereocenters. The number of nitro groups is 1. The first kappa shape index (κ1) is 25.7. The summed E-state index contributed by atoms with van der Waals surface area (Å²) in [6.45, 7) is 3.43. The van der Waals surface area contributed by atoms with E-state index in [0.29, 0.717) is 5.75 Å². The fourth-order valence-corrected chi connectivity index (χ4v) is 4.99. The van der Waals surface area contributed by atoms with E-state index in [9.17, 15) is 19.7 Å². The van der Waals surface area contributed by atoms with Crippen LogP contribution in [0.5, 0.6) is 5.75 Å². The highest BCUT2D eigenvalue weighted by Gasteiger charge is 2.37. The van der Waals surface area contributed by atoms with Crippen molar-refractivity contribution >= 4 is 23.2 Å². The van der Waals surface area contributed by atoms with Crippen molar-refractivity contribution in [3.05, 3.63) is 118 Å². The number of non-ortho nitro benzene ring substituents is 1. The zero-order chi connectivity index (χ0) is 27.7. The van der Waals surface area contributed by atoms with Gasteiger partial charge in [0.15, 0.2) is 0 Å². The third-order valence-electron chi connectivity index (χ3n) is 6.91. The number of carbonyl (C=O) groups excluding carboxylic acids is 2. The van der Waals surface area contributed by atoms with Crippen LogP contribution in [0.25, 0.3) is 5.69 Å². The smallest absolute Gasteiger partial charge is 0.270 e. The molecular formula is C30H28N4O5. The summed E-state index contributed by atoms with van der Waals surface area (Å²) in [5, 5.41) is 11.3. The number of para-hydroxylation sites is 2. The molecule has 39 heavy (non-hydrogen) atoms. The van der Waals surface area contributed by atoms with Crippen molar-refractivity contribution in [2.24, 2.45) is 0 Å². The maximum atomic E-state index is 14.2. The van der Waals surface area contributed by atoms with Crippen LogP contribution < -0.4 is 9.64 Å². The number of ether oxygens (including phenoxy) is 1. The van der Waals surface area contributed by atoms with Gasteiger partial charge in [-0.15, -0.1) is 0 Å². The first-order chi connectivity index (χ1) is 18.8. The third kappa shape index (κ3) is 4.74. The van der Waals surface area contributed by atoms with Crippen LogP contribution in [0.15, 0.2) is 91.1 Å². The molecule has 3 aromatic carbocycles. The quantitative estimate of drug-likeness (QED) is 0.239. The summed E-state index contributed by atoms with van der Waals surface area (Å²) in [5.74, 6) is -0.0170. The second-order valence-corrected chi connectivity index (χ2v) is 9.57. The van der Waals surface area contributed by atoms with Crippen molar-refractivity contribution in [1.82, 2.24) is 9.47 Å². The predicted octanol–water partition coefficient (Wildman–Crippen LogP) is 5.38. The van der Waals surface area contributed by atoms with Crippen molar-refractivity contribution < 1.29 is 19.2 Å². The Morgan fingerprint density at radius 1 is 0.974 bits per heavy atom. The van der Waals surface area contributed by atoms with Crippen LogP contribution in [-0.2, 0) is 4.79 Å². The number of hydrogen-bond acceptors (Lipinski definition) is 5. The van der Waals surface area contributed by atoms with Gasteiger partial charge in [0.2, 0.25) is 5.91 Å². The minimum atomic E-state index is -0.541. The third-order valence-corrected chi connectivity index (χ3v) is 6.91. The van der Waals surface area contributed by atoms with Gasteiger partial charge in [-0.25, -0.2) is 0 Å². The monoisotopic (exact) mass is 524 g/mol. The average molecular weight is 525 g/mol. The molecule has 2 heterocycles. The molecule has 0 fully saturated rings. The number of aromatic nitrogens is 1. The van der Waals surface area contributed by atoms with Gasteiger partial charge in [0, 0.05) is 29.9 Å². The fraction of sp³-hybridized carbons (Fsp3) is 0.200. The Morgan fingerprint density at radius 3 is 2.36 bits per heavy atom. The lowest BCUT2D eigenvalue weighted by molar-refractivity contribution is -0.384. The normalized spacial score (nSPS) is 13.9. The molecule has 1 aromatic heterocycles. The number of fused-ring (bicyclic) bond motifs is 3. The first-order valence-electron chi connectivity index (χ1n) is 12.6. The molecule has 1 aliphatic heterocycles. The van der Waals surface area contributed by atoms with E-state index in [-0.39, 0.29) is 29.7 Å². The molecule has 1 atom stereocenters. The molecule has 0 N–H and O–H groups in total. The van der Waals surface area contributed by atoms with Crippen molar-refractivity contribution in [3.63, 3.8) is 0 Å². The molecule has 4 aromatic rings. The highest BCUT2D eigenvalue weighted by atomic mass is 16.6. The lowest BCUT2D eigenvalue weighted by Crippen LogP contribution is -2.48. The van der Waals surface area contributed by atoms with E-state index < -0.39 is 16.9 Å². The summed E-state index contributed by atoms with van der Waals surface area (Å²) >= 11 is 0. The van der Waals surface area contributed by atoms with E-state index in [1.54, 1.807) is 12.0 Å². The lowest BCUT2D eigenvalue weighted by Gasteiger charge is -2.40. The number of methoxy groups -OCH3 is 1. The van der Waals surface area contributed by atoms with Crippen molar-refractivity contribution in [2.45, 2.75) is 25.9 Å². The van der Waals surface area contributed by atoms with E-state index in [1.807, 2.05) is 80.7 Å². The van der Waals surface area contributed by atoms with Gasteiger partial charge in [-0.1, -0.05) is 30.3 Å². The summed E-state index contributed by atoms with van der Waals surface area (Å²) in [6, 6.07) is 24.0. The van der Waals surface area contributed by atoms with E-state index in [2.05, 4.69) is 4.57 Å². The van der Waals surface area contributed by atoms with E-state index in [4.69, 9.17) is 4.74 Å². The largest absolute Gasteiger partial charge is 0.497 e. The summed E-state index contributed by atoms with van der Waals surface area (Å²) in [5.41, 5.74) is 3.36. The van der Waals surface area contributed by atoms with Gasteiger partial charge in [0.25, 0.3) is 11.6 Å². The van der Waals surface area contributed by atoms with Gasteiger partial charge >= 0.3 is 0 Å². The molecule has 5 rings (SSSR count). The van der Waals surface area contributed by atoms with Crippen LogP contribution in [0.2, 0.25) is 0 Å². The van der Waals surface area contributed by atoms with E-state index in [1.165, 1.54) is 29.2 Å². The van der Waals surface area contributed by atoms with Crippen LogP contribution in [-0.4, -0.2) is 45.9 Å². The second kappa shape index (κ2) is 10.4. The standard InChI is InChI=1S/C30H28N4O5/c1-20(2)32(30(36)22-8-6-9-23(18-22)34(37)38)19-28(35)33-26-11-5-4-10-25(26)31-17-7-12-27(31)29(33)21-13-15-24(39-3)16-14-21/h4-18,20,29H,19H2,1-3H3. The van der Waals surface area contributed by atoms with Crippen molar-refractivity contribution in [1.29, 1.82) is 0 Å². The number of amides is 2. The summed E-state index contributed by atoms with van der Waals surface area (Å²) < 4.78 is 7.41. The Bertz CT molecular complexity index is 1540. The van der Waals surface area contributed by atoms with Gasteiger partial charge in [-0.3, -0.25) is 24.6 Å². The molecule has 0 bridgehead atoms. The molecule has 9 nitrogen and oxygen atoms in total. The molecule has 9 heteroatoms. The Morgan fingerprint density at radius 2 is 1.69 bits per heavy atom. The maximum Gasteiger partial charge on any atom is 0.270 e. The first-order valence-corrected chi connectivity index (χ1v) is 12.6. The van der Waals surface area contributed by atoms with Crippen LogP contribution >= 0.6 is 0 Å². The predicted molar refractivity (Wildman–Crippen MR) is 147 cm³/mol. The SMILES string of the molecule is COc1ccc(C2c3cccn3-c3ccccc3N2C(=O)CN(C(=O)c2cccc([N+](=O)[O-])c2)C(C)C)cc1. The minimum Gasteiger partial charge on any atom is -0.497 e. The highest BCUT2D eigenvalue weighted by Crippen LogP contribution is 2.42. The zero-order valence-electron chi connectivity index (χ0n) is 21.9. The Kier molecular flexibility index (Phi) is 6.89. The van der Waals surface area contributed by atoms with E-state index in [0.717, 1.165) is 22.6 Å². The molecule has 0 saturated carbocycles. The number of benzene rings is 3. The number of carbonyl (C=O) groups is 2. The minimum absolute atomic E-state index is 0.158. The Balaban J connectivity index is 1.55. The summed E-state index contributed by atoms with van der Waals surface area (Å²) in [7, 11) is 1.60. The number of rotatable bonds is 7. The van der Waals surface area contributed by atoms with Crippen LogP contribution in [0.4, 0.5) is 11.4 Å². The van der Waals surface area contributed by atoms with Crippen LogP contribution in [0.3, 0.4) is 0 Å². The number of nitrogens with zero attached hydrogens (tertiary/aromatic N) is 4. The van der Waals surface area contributed by atoms with E-state index >= 15 is 0 Å². The van der Waals surface area contributed by atoms with Gasteiger partial charge < -0.3 is 14.2 Å². The molecule has 0 aliphatic carbocycles. The van der Waals surface area contributed by atoms with Gasteiger partial charge in [-0.2, -0.15) is 0 Å². The fourth-order valence-electron chi connectivity index (χ4n) is 4.99. The maximum absolute atomic E-state index is 14.2. The molecule has 1 aliphatic rings. The average Bonchev–Trinajstić information content (AvgIpc) is 3.45. The van der Waals surface area contributed by atoms with Crippen molar-refractivity contribution in [3.8, 4) is 11.4 Å². The summed E-state index contributed by atoms with van der Waals surface area (Å²) in [4.78, 5) is 41.7. The second-order valence-electron chi connectivity index (χ2n) is 9.57. The van der Waals surface area contributed by atoms with Crippen molar-refractivity contribution in [2.75, 3.05) is 18.6 Å². The van der Waals surface area contributed by atoms with Crippen LogP contribution in [0, 0.1) is 10.1 Å². The van der Waals surface area contributed by atoms with Crippen LogP contribution in [0.1, 0.15) is 41.5 Å². The number of anilines is 1. The topological polar surface area (TPSA) is 97.9 Å². The summed E-state index contributed by atoms with van der Waals surface area (Å²) in [6.07, 6.45) is 1.97. The molecule has 0 saturated heterocycles. The van der Waals surface area contributed by atoms with Gasteiger partial charge in [0.1, 0.15) is 18.3 Å². The zero-order valence-corrected chi connectivity index (χ0v) is 21.9. The number of nitro benzene ring substituents is 1. The number of hydrogen-bond donors (Lipinski definition) is 0. The highest BCUT2D eigenvalue weighted by molar-refractivity contribution is 6.03. The van der Waals surface area contributed by atoms with Gasteiger partial charge in [0.05, 0.1) is 29.1 Å². The molecule has 2 amide bonds. The molecule has 0 radical (unpaired) electrons. The lowest BCUT2D eigenvalue weighted by atomic mass is 9.97.